The van der Waals surface area contributed by atoms with Crippen LogP contribution in [0.3, 0.4) is 0 Å². The predicted octanol–water partition coefficient (Wildman–Crippen LogP) is 1.93. The minimum atomic E-state index is -1.21. The Morgan fingerprint density at radius 2 is 2.12 bits per heavy atom. The van der Waals surface area contributed by atoms with Crippen molar-refractivity contribution in [2.45, 2.75) is 6.92 Å². The normalized spacial score (nSPS) is 10.5. The van der Waals surface area contributed by atoms with Crippen LogP contribution in [0.5, 0.6) is 5.75 Å². The minimum absolute atomic E-state index is 0.201. The van der Waals surface area contributed by atoms with Gasteiger partial charge in [-0.3, -0.25) is 5.10 Å². The summed E-state index contributed by atoms with van der Waals surface area (Å²) >= 11 is 0. The maximum Gasteiger partial charge on any atom is 0.357 e. The molecule has 0 saturated carbocycles. The molecule has 0 fully saturated rings. The topological polar surface area (TPSA) is 86.2 Å². The van der Waals surface area contributed by atoms with Crippen LogP contribution < -0.4 is 0 Å². The third-order valence-electron chi connectivity index (χ3n) is 2.32. The molecule has 0 amide bonds. The highest BCUT2D eigenvalue weighted by Crippen LogP contribution is 2.29. The summed E-state index contributed by atoms with van der Waals surface area (Å²) in [5.74, 6) is -2.12. The molecule has 0 unspecified atom stereocenters. The third kappa shape index (κ3) is 1.96. The summed E-state index contributed by atoms with van der Waals surface area (Å²) in [4.78, 5) is 10.9. The zero-order valence-corrected chi connectivity index (χ0v) is 8.86. The number of nitrogens with zero attached hydrogens (tertiary/aromatic N) is 1. The summed E-state index contributed by atoms with van der Waals surface area (Å²) < 4.78 is 13.1. The summed E-state index contributed by atoms with van der Waals surface area (Å²) in [6.45, 7) is 1.62. The number of hydrogen-bond donors (Lipinski definition) is 3. The van der Waals surface area contributed by atoms with E-state index in [2.05, 4.69) is 10.2 Å². The molecule has 2 rings (SSSR count). The fourth-order valence-corrected chi connectivity index (χ4v) is 1.66. The van der Waals surface area contributed by atoms with E-state index in [1.807, 2.05) is 0 Å². The predicted molar refractivity (Wildman–Crippen MR) is 57.3 cm³/mol. The van der Waals surface area contributed by atoms with E-state index in [4.69, 9.17) is 5.11 Å². The summed E-state index contributed by atoms with van der Waals surface area (Å²) in [5, 5.41) is 24.4. The van der Waals surface area contributed by atoms with E-state index in [0.717, 1.165) is 12.1 Å². The van der Waals surface area contributed by atoms with Crippen LogP contribution in [-0.2, 0) is 0 Å². The van der Waals surface area contributed by atoms with Crippen molar-refractivity contribution in [1.29, 1.82) is 0 Å². The number of carboxylic acids is 1. The minimum Gasteiger partial charge on any atom is -0.508 e. The number of H-pyrrole nitrogens is 1. The quantitative estimate of drug-likeness (QED) is 0.743. The molecule has 5 nitrogen and oxygen atoms in total. The first-order chi connectivity index (χ1) is 7.99. The standard InChI is InChI=1S/C11H9FN2O3/c1-5-9(10(11(16)17)14-13-5)6-2-7(12)4-8(15)3-6/h2-4,15H,1H3,(H,13,14)(H,16,17). The maximum absolute atomic E-state index is 13.1. The number of rotatable bonds is 2. The number of nitrogens with one attached hydrogen (secondary N) is 1. The van der Waals surface area contributed by atoms with Gasteiger partial charge in [0.2, 0.25) is 0 Å². The van der Waals surface area contributed by atoms with E-state index in [9.17, 15) is 14.3 Å². The first-order valence-electron chi connectivity index (χ1n) is 4.77. The lowest BCUT2D eigenvalue weighted by atomic mass is 10.0. The molecule has 1 aromatic heterocycles. The fraction of sp³-hybridized carbons (Fsp3) is 0.0909. The lowest BCUT2D eigenvalue weighted by molar-refractivity contribution is 0.0691. The Kier molecular flexibility index (Phi) is 2.55. The van der Waals surface area contributed by atoms with E-state index in [1.165, 1.54) is 6.07 Å². The molecule has 88 valence electrons. The van der Waals surface area contributed by atoms with E-state index in [0.29, 0.717) is 5.69 Å². The molecule has 0 bridgehead atoms. The molecule has 2 aromatic rings. The molecule has 0 aliphatic carbocycles. The largest absolute Gasteiger partial charge is 0.508 e. The average molecular weight is 236 g/mol. The van der Waals surface area contributed by atoms with Crippen molar-refractivity contribution in [1.82, 2.24) is 10.2 Å². The van der Waals surface area contributed by atoms with Crippen molar-refractivity contribution >= 4 is 5.97 Å². The maximum atomic E-state index is 13.1. The Bertz CT molecular complexity index is 572. The van der Waals surface area contributed by atoms with E-state index >= 15 is 0 Å². The first-order valence-corrected chi connectivity index (χ1v) is 4.77. The van der Waals surface area contributed by atoms with Crippen LogP contribution in [0.15, 0.2) is 18.2 Å². The summed E-state index contributed by atoms with van der Waals surface area (Å²) in [5.41, 5.74) is 0.832. The van der Waals surface area contributed by atoms with Gasteiger partial charge in [-0.1, -0.05) is 0 Å². The highest BCUT2D eigenvalue weighted by Gasteiger charge is 2.19. The number of phenols is 1. The second kappa shape index (κ2) is 3.89. The number of aromatic nitrogens is 2. The van der Waals surface area contributed by atoms with Gasteiger partial charge in [-0.25, -0.2) is 9.18 Å². The van der Waals surface area contributed by atoms with Gasteiger partial charge in [0.05, 0.1) is 0 Å². The molecule has 1 aromatic carbocycles. The Balaban J connectivity index is 2.67. The number of hydrogen-bond acceptors (Lipinski definition) is 3. The van der Waals surface area contributed by atoms with Crippen molar-refractivity contribution in [2.24, 2.45) is 0 Å². The van der Waals surface area contributed by atoms with Crippen LogP contribution in [0.25, 0.3) is 11.1 Å². The van der Waals surface area contributed by atoms with Gasteiger partial charge in [0, 0.05) is 17.3 Å². The average Bonchev–Trinajstić information content (AvgIpc) is 2.58. The highest BCUT2D eigenvalue weighted by atomic mass is 19.1. The lowest BCUT2D eigenvalue weighted by Crippen LogP contribution is -1.99. The number of halogens is 1. The Hall–Kier alpha value is -2.37. The van der Waals surface area contributed by atoms with Crippen molar-refractivity contribution in [3.8, 4) is 16.9 Å². The SMILES string of the molecule is Cc1[nH]nc(C(=O)O)c1-c1cc(O)cc(F)c1. The Labute approximate surface area is 95.5 Å². The first kappa shape index (κ1) is 11.1. The van der Waals surface area contributed by atoms with Gasteiger partial charge < -0.3 is 10.2 Å². The summed E-state index contributed by atoms with van der Waals surface area (Å²) in [7, 11) is 0. The molecule has 0 saturated heterocycles. The van der Waals surface area contributed by atoms with Gasteiger partial charge in [0.1, 0.15) is 11.6 Å². The fourth-order valence-electron chi connectivity index (χ4n) is 1.66. The van der Waals surface area contributed by atoms with Crippen LogP contribution >= 0.6 is 0 Å². The highest BCUT2D eigenvalue weighted by molar-refractivity contribution is 5.94. The van der Waals surface area contributed by atoms with Gasteiger partial charge >= 0.3 is 5.97 Å². The van der Waals surface area contributed by atoms with Crippen LogP contribution in [0.4, 0.5) is 4.39 Å². The molecular formula is C11H9FN2O3. The van der Waals surface area contributed by atoms with Gasteiger partial charge in [-0.15, -0.1) is 0 Å². The van der Waals surface area contributed by atoms with Crippen molar-refractivity contribution in [3.05, 3.63) is 35.4 Å². The van der Waals surface area contributed by atoms with Gasteiger partial charge in [0.25, 0.3) is 0 Å². The van der Waals surface area contributed by atoms with Crippen LogP contribution in [0.2, 0.25) is 0 Å². The molecular weight excluding hydrogens is 227 g/mol. The monoisotopic (exact) mass is 236 g/mol. The number of aromatic carboxylic acids is 1. The molecule has 0 aliphatic heterocycles. The smallest absolute Gasteiger partial charge is 0.357 e. The third-order valence-corrected chi connectivity index (χ3v) is 2.32. The van der Waals surface area contributed by atoms with E-state index < -0.39 is 11.8 Å². The van der Waals surface area contributed by atoms with E-state index in [-0.39, 0.29) is 22.6 Å². The van der Waals surface area contributed by atoms with Gasteiger partial charge in [-0.2, -0.15) is 5.10 Å². The number of phenolic OH excluding ortho intramolecular Hbond substituents is 1. The second-order valence-electron chi connectivity index (χ2n) is 3.58. The summed E-state index contributed by atoms with van der Waals surface area (Å²) in [6.07, 6.45) is 0. The number of carboxylic acid groups (broad SMARTS) is 1. The number of aromatic hydroxyl groups is 1. The van der Waals surface area contributed by atoms with Crippen molar-refractivity contribution in [2.75, 3.05) is 0 Å². The lowest BCUT2D eigenvalue weighted by Gasteiger charge is -2.03. The van der Waals surface area contributed by atoms with Gasteiger partial charge in [-0.05, 0) is 24.6 Å². The molecule has 0 radical (unpaired) electrons. The Morgan fingerprint density at radius 3 is 2.71 bits per heavy atom. The number of aromatic amines is 1. The molecule has 0 aliphatic rings. The molecule has 6 heteroatoms. The molecule has 0 spiro atoms. The molecule has 1 heterocycles. The molecule has 0 atom stereocenters. The van der Waals surface area contributed by atoms with Crippen molar-refractivity contribution in [3.63, 3.8) is 0 Å². The molecule has 17 heavy (non-hydrogen) atoms. The summed E-state index contributed by atoms with van der Waals surface area (Å²) in [6, 6.07) is 3.37. The second-order valence-corrected chi connectivity index (χ2v) is 3.58. The van der Waals surface area contributed by atoms with E-state index in [1.54, 1.807) is 6.92 Å². The number of carbonyl (C=O) groups is 1. The number of benzene rings is 1. The van der Waals surface area contributed by atoms with Crippen LogP contribution in [-0.4, -0.2) is 26.4 Å². The zero-order chi connectivity index (χ0) is 12.6. The number of aryl methyl sites for hydroxylation is 1. The Morgan fingerprint density at radius 1 is 1.41 bits per heavy atom. The van der Waals surface area contributed by atoms with Gasteiger partial charge in [0.15, 0.2) is 5.69 Å². The van der Waals surface area contributed by atoms with Crippen molar-refractivity contribution < 1.29 is 19.4 Å². The zero-order valence-electron chi connectivity index (χ0n) is 8.86. The molecule has 3 N–H and O–H groups in total. The van der Waals surface area contributed by atoms with Crippen LogP contribution in [0, 0.1) is 12.7 Å². The van der Waals surface area contributed by atoms with Crippen LogP contribution in [0.1, 0.15) is 16.2 Å².